The minimum Gasteiger partial charge on any atom is -0.390 e. The van der Waals surface area contributed by atoms with Crippen molar-refractivity contribution in [3.05, 3.63) is 0 Å². The fourth-order valence-electron chi connectivity index (χ4n) is 0.789. The first-order valence-corrected chi connectivity index (χ1v) is 3.82. The minimum atomic E-state index is -4.72. The molecule has 0 bridgehead atoms. The summed E-state index contributed by atoms with van der Waals surface area (Å²) < 4.78 is 35.2. The van der Waals surface area contributed by atoms with Gasteiger partial charge in [-0.05, 0) is 6.42 Å². The SMILES string of the molecule is CCCCC(O)C(O)C(F)(F)F. The fraction of sp³-hybridized carbons (Fsp3) is 1.00. The van der Waals surface area contributed by atoms with E-state index in [2.05, 4.69) is 0 Å². The van der Waals surface area contributed by atoms with Crippen LogP contribution in [0.1, 0.15) is 26.2 Å². The molecular formula is C7H13F3O2. The van der Waals surface area contributed by atoms with Crippen LogP contribution in [-0.4, -0.2) is 28.6 Å². The second-order valence-electron chi connectivity index (χ2n) is 2.70. The zero-order chi connectivity index (χ0) is 9.78. The Labute approximate surface area is 69.0 Å². The van der Waals surface area contributed by atoms with Crippen molar-refractivity contribution in [3.63, 3.8) is 0 Å². The number of rotatable bonds is 4. The molecular weight excluding hydrogens is 173 g/mol. The molecule has 0 saturated heterocycles. The van der Waals surface area contributed by atoms with Crippen LogP contribution < -0.4 is 0 Å². The molecule has 0 saturated carbocycles. The highest BCUT2D eigenvalue weighted by Crippen LogP contribution is 2.24. The molecule has 2 unspecified atom stereocenters. The summed E-state index contributed by atoms with van der Waals surface area (Å²) in [6.07, 6.45) is -7.85. The summed E-state index contributed by atoms with van der Waals surface area (Å²) in [5, 5.41) is 17.3. The average molecular weight is 186 g/mol. The molecule has 12 heavy (non-hydrogen) atoms. The lowest BCUT2D eigenvalue weighted by Gasteiger charge is -2.19. The van der Waals surface area contributed by atoms with Crippen LogP contribution in [0.15, 0.2) is 0 Å². The second-order valence-corrected chi connectivity index (χ2v) is 2.70. The van der Waals surface area contributed by atoms with E-state index in [1.54, 1.807) is 6.92 Å². The zero-order valence-corrected chi connectivity index (χ0v) is 6.80. The van der Waals surface area contributed by atoms with Gasteiger partial charge in [0.05, 0.1) is 6.10 Å². The Morgan fingerprint density at radius 3 is 2.08 bits per heavy atom. The monoisotopic (exact) mass is 186 g/mol. The molecule has 5 heteroatoms. The third kappa shape index (κ3) is 3.92. The lowest BCUT2D eigenvalue weighted by molar-refractivity contribution is -0.230. The number of hydrogen-bond acceptors (Lipinski definition) is 2. The summed E-state index contributed by atoms with van der Waals surface area (Å²) in [6.45, 7) is 1.80. The van der Waals surface area contributed by atoms with E-state index in [0.29, 0.717) is 12.8 Å². The molecule has 0 spiro atoms. The van der Waals surface area contributed by atoms with E-state index in [-0.39, 0.29) is 6.42 Å². The van der Waals surface area contributed by atoms with Gasteiger partial charge in [0.2, 0.25) is 0 Å². The molecule has 0 amide bonds. The predicted molar refractivity (Wildman–Crippen MR) is 37.6 cm³/mol. The molecule has 0 heterocycles. The lowest BCUT2D eigenvalue weighted by Crippen LogP contribution is -2.39. The number of aliphatic hydroxyl groups is 2. The maximum atomic E-state index is 11.7. The number of unbranched alkanes of at least 4 members (excludes halogenated alkanes) is 1. The number of alkyl halides is 3. The highest BCUT2D eigenvalue weighted by molar-refractivity contribution is 4.73. The lowest BCUT2D eigenvalue weighted by atomic mass is 10.1. The zero-order valence-electron chi connectivity index (χ0n) is 6.80. The first-order chi connectivity index (χ1) is 5.39. The van der Waals surface area contributed by atoms with Gasteiger partial charge in [-0.2, -0.15) is 13.2 Å². The van der Waals surface area contributed by atoms with Crippen LogP contribution in [0.25, 0.3) is 0 Å². The Kier molecular flexibility index (Phi) is 4.55. The minimum absolute atomic E-state index is 0.0167. The highest BCUT2D eigenvalue weighted by atomic mass is 19.4. The van der Waals surface area contributed by atoms with Crippen LogP contribution in [0.3, 0.4) is 0 Å². The summed E-state index contributed by atoms with van der Waals surface area (Å²) in [7, 11) is 0. The summed E-state index contributed by atoms with van der Waals surface area (Å²) in [6, 6.07) is 0. The number of halogens is 3. The van der Waals surface area contributed by atoms with Gasteiger partial charge in [-0.15, -0.1) is 0 Å². The van der Waals surface area contributed by atoms with Gasteiger partial charge in [0.15, 0.2) is 6.10 Å². The molecule has 0 aliphatic rings. The van der Waals surface area contributed by atoms with Crippen LogP contribution in [0.5, 0.6) is 0 Å². The third-order valence-corrected chi connectivity index (χ3v) is 1.55. The highest BCUT2D eigenvalue weighted by Gasteiger charge is 2.42. The van der Waals surface area contributed by atoms with Crippen molar-refractivity contribution in [3.8, 4) is 0 Å². The maximum absolute atomic E-state index is 11.7. The van der Waals surface area contributed by atoms with Gasteiger partial charge in [-0.3, -0.25) is 0 Å². The summed E-state index contributed by atoms with van der Waals surface area (Å²) >= 11 is 0. The molecule has 0 aliphatic carbocycles. The van der Waals surface area contributed by atoms with Gasteiger partial charge in [-0.1, -0.05) is 19.8 Å². The van der Waals surface area contributed by atoms with Crippen molar-refractivity contribution in [1.82, 2.24) is 0 Å². The molecule has 0 rings (SSSR count). The van der Waals surface area contributed by atoms with E-state index in [0.717, 1.165) is 0 Å². The first-order valence-electron chi connectivity index (χ1n) is 3.82. The predicted octanol–water partition coefficient (Wildman–Crippen LogP) is 1.46. The molecule has 0 fully saturated rings. The van der Waals surface area contributed by atoms with E-state index < -0.39 is 18.4 Å². The van der Waals surface area contributed by atoms with E-state index in [1.165, 1.54) is 0 Å². The van der Waals surface area contributed by atoms with E-state index >= 15 is 0 Å². The van der Waals surface area contributed by atoms with Crippen molar-refractivity contribution in [2.45, 2.75) is 44.6 Å². The van der Waals surface area contributed by atoms with Crippen LogP contribution in [-0.2, 0) is 0 Å². The largest absolute Gasteiger partial charge is 0.416 e. The van der Waals surface area contributed by atoms with Gasteiger partial charge in [-0.25, -0.2) is 0 Å². The van der Waals surface area contributed by atoms with Gasteiger partial charge < -0.3 is 10.2 Å². The van der Waals surface area contributed by atoms with E-state index in [1.807, 2.05) is 0 Å². The topological polar surface area (TPSA) is 40.5 Å². The molecule has 2 atom stereocenters. The van der Waals surface area contributed by atoms with Crippen LogP contribution >= 0.6 is 0 Å². The fourth-order valence-corrected chi connectivity index (χ4v) is 0.789. The van der Waals surface area contributed by atoms with Crippen LogP contribution in [0.4, 0.5) is 13.2 Å². The van der Waals surface area contributed by atoms with Crippen molar-refractivity contribution < 1.29 is 23.4 Å². The standard InChI is InChI=1S/C7H13F3O2/c1-2-3-4-5(11)6(12)7(8,9)10/h5-6,11-12H,2-4H2,1H3. The number of aliphatic hydroxyl groups excluding tert-OH is 2. The van der Waals surface area contributed by atoms with E-state index in [9.17, 15) is 13.2 Å². The molecule has 0 aliphatic heterocycles. The molecule has 0 radical (unpaired) electrons. The van der Waals surface area contributed by atoms with Gasteiger partial charge >= 0.3 is 6.18 Å². The van der Waals surface area contributed by atoms with E-state index in [4.69, 9.17) is 10.2 Å². The summed E-state index contributed by atoms with van der Waals surface area (Å²) in [4.78, 5) is 0. The maximum Gasteiger partial charge on any atom is 0.416 e. The smallest absolute Gasteiger partial charge is 0.390 e. The number of hydrogen-bond donors (Lipinski definition) is 2. The normalized spacial score (nSPS) is 17.5. The Hall–Kier alpha value is -0.290. The van der Waals surface area contributed by atoms with Crippen molar-refractivity contribution in [2.24, 2.45) is 0 Å². The average Bonchev–Trinajstić information content (AvgIpc) is 1.97. The Balaban J connectivity index is 3.84. The summed E-state index contributed by atoms with van der Waals surface area (Å²) in [5.41, 5.74) is 0. The Bertz CT molecular complexity index is 124. The van der Waals surface area contributed by atoms with Crippen molar-refractivity contribution in [2.75, 3.05) is 0 Å². The molecule has 0 aromatic rings. The van der Waals surface area contributed by atoms with Crippen LogP contribution in [0.2, 0.25) is 0 Å². The summed E-state index contributed by atoms with van der Waals surface area (Å²) in [5.74, 6) is 0. The molecule has 0 aromatic carbocycles. The first kappa shape index (κ1) is 11.7. The van der Waals surface area contributed by atoms with Crippen molar-refractivity contribution in [1.29, 1.82) is 0 Å². The van der Waals surface area contributed by atoms with Gasteiger partial charge in [0, 0.05) is 0 Å². The molecule has 74 valence electrons. The molecule has 0 aromatic heterocycles. The van der Waals surface area contributed by atoms with Crippen molar-refractivity contribution >= 4 is 0 Å². The Morgan fingerprint density at radius 1 is 1.25 bits per heavy atom. The molecule has 2 nitrogen and oxygen atoms in total. The van der Waals surface area contributed by atoms with Gasteiger partial charge in [0.1, 0.15) is 0 Å². The van der Waals surface area contributed by atoms with Crippen LogP contribution in [0, 0.1) is 0 Å². The van der Waals surface area contributed by atoms with Gasteiger partial charge in [0.25, 0.3) is 0 Å². The molecule has 2 N–H and O–H groups in total. The third-order valence-electron chi connectivity index (χ3n) is 1.55. The quantitative estimate of drug-likeness (QED) is 0.697. The second kappa shape index (κ2) is 4.67. The Morgan fingerprint density at radius 2 is 1.75 bits per heavy atom.